The van der Waals surface area contributed by atoms with Crippen LogP contribution in [0.2, 0.25) is 0 Å². The Morgan fingerprint density at radius 1 is 1.06 bits per heavy atom. The fraction of sp³-hybridized carbons (Fsp3) is 0.333. The van der Waals surface area contributed by atoms with E-state index in [-0.39, 0.29) is 11.9 Å². The van der Waals surface area contributed by atoms with Crippen molar-refractivity contribution in [3.63, 3.8) is 0 Å². The van der Waals surface area contributed by atoms with Crippen molar-refractivity contribution in [2.45, 2.75) is 36.7 Å². The second-order valence-electron chi connectivity index (χ2n) is 9.31. The predicted octanol–water partition coefficient (Wildman–Crippen LogP) is 3.43. The van der Waals surface area contributed by atoms with Gasteiger partial charge in [0.05, 0.1) is 24.1 Å². The highest BCUT2D eigenvalue weighted by molar-refractivity contribution is 5.95. The lowest BCUT2D eigenvalue weighted by Crippen LogP contribution is -2.40. The van der Waals surface area contributed by atoms with E-state index in [9.17, 15) is 9.59 Å². The van der Waals surface area contributed by atoms with Gasteiger partial charge in [0.2, 0.25) is 5.91 Å². The van der Waals surface area contributed by atoms with Crippen molar-refractivity contribution in [2.75, 3.05) is 19.7 Å². The van der Waals surface area contributed by atoms with Crippen LogP contribution in [-0.2, 0) is 27.0 Å². The molecule has 34 heavy (non-hydrogen) atoms. The number of nitrogens with zero attached hydrogens (tertiary/aromatic N) is 3. The lowest BCUT2D eigenvalue weighted by molar-refractivity contribution is -0.134. The highest BCUT2D eigenvalue weighted by Gasteiger charge is 2.57. The van der Waals surface area contributed by atoms with Gasteiger partial charge in [-0.05, 0) is 48.7 Å². The van der Waals surface area contributed by atoms with Crippen molar-refractivity contribution in [3.8, 4) is 5.75 Å². The molecule has 0 N–H and O–H groups in total. The van der Waals surface area contributed by atoms with Crippen LogP contribution in [0.5, 0.6) is 5.75 Å². The molecule has 0 bridgehead atoms. The number of rotatable bonds is 6. The summed E-state index contributed by atoms with van der Waals surface area (Å²) < 4.78 is 11.7. The number of likely N-dealkylation sites (tertiary alicyclic amines) is 1. The SMILES string of the molecule is O=C1OC2(CCN(C(=O)C3(c4ccc(OCCc5ccccn5)cc4)CC3)C2)c2ccncc21. The van der Waals surface area contributed by atoms with Gasteiger partial charge in [-0.2, -0.15) is 0 Å². The number of hydrogen-bond acceptors (Lipinski definition) is 6. The van der Waals surface area contributed by atoms with Gasteiger partial charge in [-0.1, -0.05) is 18.2 Å². The number of aromatic nitrogens is 2. The number of hydrogen-bond donors (Lipinski definition) is 0. The van der Waals surface area contributed by atoms with Gasteiger partial charge < -0.3 is 14.4 Å². The first-order chi connectivity index (χ1) is 16.6. The number of pyridine rings is 2. The molecule has 6 rings (SSSR count). The van der Waals surface area contributed by atoms with E-state index in [4.69, 9.17) is 9.47 Å². The summed E-state index contributed by atoms with van der Waals surface area (Å²) in [6.07, 6.45) is 8.02. The van der Waals surface area contributed by atoms with Gasteiger partial charge in [0.1, 0.15) is 5.75 Å². The summed E-state index contributed by atoms with van der Waals surface area (Å²) in [7, 11) is 0. The van der Waals surface area contributed by atoms with Crippen LogP contribution in [-0.4, -0.2) is 46.4 Å². The van der Waals surface area contributed by atoms with Crippen molar-refractivity contribution in [3.05, 3.63) is 89.5 Å². The minimum absolute atomic E-state index is 0.117. The van der Waals surface area contributed by atoms with Crippen molar-refractivity contribution in [1.82, 2.24) is 14.9 Å². The first kappa shape index (κ1) is 20.8. The molecular weight excluding hydrogens is 430 g/mol. The molecule has 172 valence electrons. The van der Waals surface area contributed by atoms with E-state index in [1.165, 1.54) is 0 Å². The summed E-state index contributed by atoms with van der Waals surface area (Å²) in [5.74, 6) is 0.551. The monoisotopic (exact) mass is 455 g/mol. The van der Waals surface area contributed by atoms with Gasteiger partial charge in [-0.25, -0.2) is 4.79 Å². The zero-order valence-electron chi connectivity index (χ0n) is 18.8. The number of carbonyl (C=O) groups excluding carboxylic acids is 2. The number of ether oxygens (including phenoxy) is 2. The van der Waals surface area contributed by atoms with Crippen LogP contribution in [0.15, 0.2) is 67.1 Å². The number of amides is 1. The Bertz CT molecular complexity index is 1240. The Morgan fingerprint density at radius 2 is 1.91 bits per heavy atom. The molecule has 2 fully saturated rings. The second kappa shape index (κ2) is 7.94. The van der Waals surface area contributed by atoms with E-state index in [2.05, 4.69) is 9.97 Å². The molecule has 2 aromatic heterocycles. The fourth-order valence-corrected chi connectivity index (χ4v) is 5.24. The van der Waals surface area contributed by atoms with Gasteiger partial charge in [-0.15, -0.1) is 0 Å². The lowest BCUT2D eigenvalue weighted by Gasteiger charge is -2.27. The third-order valence-corrected chi connectivity index (χ3v) is 7.26. The Balaban J connectivity index is 1.12. The molecule has 1 aliphatic carbocycles. The van der Waals surface area contributed by atoms with Gasteiger partial charge >= 0.3 is 5.97 Å². The average molecular weight is 456 g/mol. The zero-order chi connectivity index (χ0) is 23.2. The van der Waals surface area contributed by atoms with Crippen molar-refractivity contribution >= 4 is 11.9 Å². The molecule has 3 aromatic rings. The highest BCUT2D eigenvalue weighted by atomic mass is 16.6. The molecule has 0 radical (unpaired) electrons. The van der Waals surface area contributed by atoms with Gasteiger partial charge in [0, 0.05) is 49.2 Å². The molecular formula is C27H25N3O4. The lowest BCUT2D eigenvalue weighted by atomic mass is 9.92. The molecule has 1 aromatic carbocycles. The van der Waals surface area contributed by atoms with Crippen LogP contribution < -0.4 is 4.74 Å². The van der Waals surface area contributed by atoms with Gasteiger partial charge in [0.25, 0.3) is 0 Å². The highest BCUT2D eigenvalue weighted by Crippen LogP contribution is 2.52. The molecule has 1 saturated heterocycles. The minimum atomic E-state index is -0.744. The van der Waals surface area contributed by atoms with Crippen molar-refractivity contribution < 1.29 is 19.1 Å². The van der Waals surface area contributed by atoms with E-state index in [0.29, 0.717) is 31.7 Å². The first-order valence-corrected chi connectivity index (χ1v) is 11.7. The smallest absolute Gasteiger partial charge is 0.341 e. The summed E-state index contributed by atoms with van der Waals surface area (Å²) in [6, 6.07) is 15.6. The quantitative estimate of drug-likeness (QED) is 0.530. The van der Waals surface area contributed by atoms with Crippen LogP contribution in [0.3, 0.4) is 0 Å². The van der Waals surface area contributed by atoms with Crippen LogP contribution >= 0.6 is 0 Å². The minimum Gasteiger partial charge on any atom is -0.493 e. The number of esters is 1. The Labute approximate surface area is 197 Å². The normalized spacial score (nSPS) is 21.9. The topological polar surface area (TPSA) is 81.6 Å². The van der Waals surface area contributed by atoms with E-state index in [1.807, 2.05) is 53.4 Å². The average Bonchev–Trinajstić information content (AvgIpc) is 3.51. The molecule has 2 aliphatic heterocycles. The zero-order valence-corrected chi connectivity index (χ0v) is 18.8. The molecule has 4 heterocycles. The fourth-order valence-electron chi connectivity index (χ4n) is 5.24. The van der Waals surface area contributed by atoms with Gasteiger partial charge in [0.15, 0.2) is 5.60 Å². The maximum Gasteiger partial charge on any atom is 0.341 e. The van der Waals surface area contributed by atoms with E-state index in [1.54, 1.807) is 18.6 Å². The second-order valence-corrected chi connectivity index (χ2v) is 9.31. The number of fused-ring (bicyclic) bond motifs is 2. The standard InChI is InChI=1S/C27H25N3O4/c31-24-22-17-28-14-8-23(22)27(34-24)12-15-30(18-27)25(32)26(10-11-26)19-4-6-21(7-5-19)33-16-9-20-3-1-2-13-29-20/h1-8,13-14,17H,9-12,15-16,18H2. The molecule has 1 atom stereocenters. The van der Waals surface area contributed by atoms with Crippen LogP contribution in [0, 0.1) is 0 Å². The van der Waals surface area contributed by atoms with Gasteiger partial charge in [-0.3, -0.25) is 14.8 Å². The van der Waals surface area contributed by atoms with Crippen molar-refractivity contribution in [2.24, 2.45) is 0 Å². The Kier molecular flexibility index (Phi) is 4.86. The molecule has 7 heteroatoms. The van der Waals surface area contributed by atoms with Crippen LogP contribution in [0.1, 0.15) is 46.4 Å². The number of benzene rings is 1. The van der Waals surface area contributed by atoms with Crippen LogP contribution in [0.4, 0.5) is 0 Å². The third-order valence-electron chi connectivity index (χ3n) is 7.26. The largest absolute Gasteiger partial charge is 0.493 e. The van der Waals surface area contributed by atoms with Crippen LogP contribution in [0.25, 0.3) is 0 Å². The van der Waals surface area contributed by atoms with Crippen molar-refractivity contribution in [1.29, 1.82) is 0 Å². The summed E-state index contributed by atoms with van der Waals surface area (Å²) in [5, 5.41) is 0. The summed E-state index contributed by atoms with van der Waals surface area (Å²) >= 11 is 0. The molecule has 7 nitrogen and oxygen atoms in total. The number of carbonyl (C=O) groups is 2. The third kappa shape index (κ3) is 3.43. The molecule has 1 amide bonds. The van der Waals surface area contributed by atoms with E-state index < -0.39 is 11.0 Å². The first-order valence-electron chi connectivity index (χ1n) is 11.7. The molecule has 1 unspecified atom stereocenters. The van der Waals surface area contributed by atoms with E-state index >= 15 is 0 Å². The van der Waals surface area contributed by atoms with E-state index in [0.717, 1.165) is 41.8 Å². The maximum atomic E-state index is 13.6. The summed E-state index contributed by atoms with van der Waals surface area (Å²) in [4.78, 5) is 36.2. The summed E-state index contributed by atoms with van der Waals surface area (Å²) in [5.41, 5.74) is 2.14. The molecule has 1 saturated carbocycles. The Morgan fingerprint density at radius 3 is 2.68 bits per heavy atom. The molecule has 3 aliphatic rings. The maximum absolute atomic E-state index is 13.6. The predicted molar refractivity (Wildman–Crippen MR) is 123 cm³/mol. The molecule has 1 spiro atoms. The summed E-state index contributed by atoms with van der Waals surface area (Å²) in [6.45, 7) is 1.52. The Hall–Kier alpha value is -3.74.